The Morgan fingerprint density at radius 2 is 2.29 bits per heavy atom. The highest BCUT2D eigenvalue weighted by Crippen LogP contribution is 2.31. The average molecular weight is 272 g/mol. The van der Waals surface area contributed by atoms with Crippen molar-refractivity contribution in [1.82, 2.24) is 0 Å². The SMILES string of the molecule is Cc1ccsc1C(N)c1ccoc1Br. The molecule has 0 aliphatic carbocycles. The molecule has 0 aliphatic rings. The van der Waals surface area contributed by atoms with E-state index in [1.807, 2.05) is 6.07 Å². The number of rotatable bonds is 2. The summed E-state index contributed by atoms with van der Waals surface area (Å²) in [7, 11) is 0. The molecule has 0 amide bonds. The van der Waals surface area contributed by atoms with Crippen LogP contribution < -0.4 is 5.73 Å². The molecule has 0 fully saturated rings. The first kappa shape index (κ1) is 9.96. The lowest BCUT2D eigenvalue weighted by Gasteiger charge is -2.08. The monoisotopic (exact) mass is 271 g/mol. The van der Waals surface area contributed by atoms with E-state index in [-0.39, 0.29) is 6.04 Å². The van der Waals surface area contributed by atoms with Crippen molar-refractivity contribution in [2.45, 2.75) is 13.0 Å². The molecule has 2 rings (SSSR count). The van der Waals surface area contributed by atoms with Crippen LogP contribution in [0.25, 0.3) is 0 Å². The van der Waals surface area contributed by atoms with Crippen molar-refractivity contribution in [3.63, 3.8) is 0 Å². The summed E-state index contributed by atoms with van der Waals surface area (Å²) < 4.78 is 5.89. The van der Waals surface area contributed by atoms with Gasteiger partial charge in [-0.2, -0.15) is 0 Å². The van der Waals surface area contributed by atoms with E-state index in [1.165, 1.54) is 10.4 Å². The fourth-order valence-electron chi connectivity index (χ4n) is 1.37. The minimum Gasteiger partial charge on any atom is -0.457 e. The van der Waals surface area contributed by atoms with Gasteiger partial charge in [-0.3, -0.25) is 0 Å². The van der Waals surface area contributed by atoms with Gasteiger partial charge in [-0.05, 0) is 45.9 Å². The summed E-state index contributed by atoms with van der Waals surface area (Å²) in [6.45, 7) is 2.07. The van der Waals surface area contributed by atoms with Crippen molar-refractivity contribution in [3.8, 4) is 0 Å². The Morgan fingerprint density at radius 3 is 2.79 bits per heavy atom. The molecule has 2 nitrogen and oxygen atoms in total. The lowest BCUT2D eigenvalue weighted by atomic mass is 10.1. The molecule has 1 unspecified atom stereocenters. The summed E-state index contributed by atoms with van der Waals surface area (Å²) >= 11 is 5.01. The maximum atomic E-state index is 6.13. The molecule has 1 atom stereocenters. The topological polar surface area (TPSA) is 39.2 Å². The average Bonchev–Trinajstić information content (AvgIpc) is 2.73. The van der Waals surface area contributed by atoms with Gasteiger partial charge in [0.2, 0.25) is 0 Å². The second-order valence-corrected chi connectivity index (χ2v) is 4.76. The molecular formula is C10H10BrNOS. The van der Waals surface area contributed by atoms with Gasteiger partial charge < -0.3 is 10.2 Å². The summed E-state index contributed by atoms with van der Waals surface area (Å²) in [4.78, 5) is 1.19. The third-order valence-corrected chi connectivity index (χ3v) is 3.91. The second-order valence-electron chi connectivity index (χ2n) is 3.10. The normalized spacial score (nSPS) is 13.1. The van der Waals surface area contributed by atoms with E-state index in [0.717, 1.165) is 10.2 Å². The Balaban J connectivity index is 2.38. The number of nitrogens with two attached hydrogens (primary N) is 1. The number of thiophene rings is 1. The van der Waals surface area contributed by atoms with Crippen LogP contribution in [0, 0.1) is 6.92 Å². The van der Waals surface area contributed by atoms with E-state index in [4.69, 9.17) is 10.2 Å². The number of furan rings is 1. The van der Waals surface area contributed by atoms with Gasteiger partial charge in [0.1, 0.15) is 0 Å². The zero-order valence-corrected chi connectivity index (χ0v) is 10.1. The number of hydrogen-bond donors (Lipinski definition) is 1. The summed E-state index contributed by atoms with van der Waals surface area (Å²) in [6, 6.07) is 3.88. The minimum absolute atomic E-state index is 0.0943. The molecular weight excluding hydrogens is 262 g/mol. The van der Waals surface area contributed by atoms with Crippen molar-refractivity contribution in [3.05, 3.63) is 44.4 Å². The number of aryl methyl sites for hydroxylation is 1. The first-order chi connectivity index (χ1) is 6.70. The molecule has 0 bridgehead atoms. The van der Waals surface area contributed by atoms with E-state index >= 15 is 0 Å². The van der Waals surface area contributed by atoms with Crippen LogP contribution >= 0.6 is 27.3 Å². The predicted octanol–water partition coefficient (Wildman–Crippen LogP) is 3.46. The van der Waals surface area contributed by atoms with Crippen molar-refractivity contribution >= 4 is 27.3 Å². The third kappa shape index (κ3) is 1.65. The highest BCUT2D eigenvalue weighted by Gasteiger charge is 2.16. The first-order valence-electron chi connectivity index (χ1n) is 4.22. The Labute approximate surface area is 94.9 Å². The van der Waals surface area contributed by atoms with E-state index in [1.54, 1.807) is 17.6 Å². The Bertz CT molecular complexity index is 395. The molecule has 14 heavy (non-hydrogen) atoms. The molecule has 0 aliphatic heterocycles. The molecule has 2 N–H and O–H groups in total. The van der Waals surface area contributed by atoms with Crippen LogP contribution in [0.1, 0.15) is 22.0 Å². The third-order valence-electron chi connectivity index (χ3n) is 2.17. The van der Waals surface area contributed by atoms with Crippen LogP contribution in [0.4, 0.5) is 0 Å². The molecule has 2 heterocycles. The largest absolute Gasteiger partial charge is 0.457 e. The molecule has 2 aromatic heterocycles. The molecule has 2 aromatic rings. The van der Waals surface area contributed by atoms with E-state index in [2.05, 4.69) is 34.3 Å². The van der Waals surface area contributed by atoms with Crippen LogP contribution in [0.15, 0.2) is 32.9 Å². The van der Waals surface area contributed by atoms with E-state index in [0.29, 0.717) is 0 Å². The molecule has 0 saturated carbocycles. The van der Waals surface area contributed by atoms with Gasteiger partial charge in [-0.25, -0.2) is 0 Å². The van der Waals surface area contributed by atoms with E-state index in [9.17, 15) is 0 Å². The summed E-state index contributed by atoms with van der Waals surface area (Å²) in [5.74, 6) is 0. The summed E-state index contributed by atoms with van der Waals surface area (Å²) in [5.41, 5.74) is 8.36. The molecule has 0 spiro atoms. The molecule has 4 heteroatoms. The molecule has 0 aromatic carbocycles. The Kier molecular flexibility index (Phi) is 2.76. The van der Waals surface area contributed by atoms with Crippen molar-refractivity contribution in [2.24, 2.45) is 5.73 Å². The van der Waals surface area contributed by atoms with Gasteiger partial charge in [0.15, 0.2) is 4.67 Å². The van der Waals surface area contributed by atoms with Crippen LogP contribution in [0.2, 0.25) is 0 Å². The predicted molar refractivity (Wildman–Crippen MR) is 61.5 cm³/mol. The van der Waals surface area contributed by atoms with Crippen LogP contribution in [-0.2, 0) is 0 Å². The fraction of sp³-hybridized carbons (Fsp3) is 0.200. The quantitative estimate of drug-likeness (QED) is 0.909. The molecule has 0 saturated heterocycles. The van der Waals surface area contributed by atoms with Gasteiger partial charge in [-0.15, -0.1) is 11.3 Å². The lowest BCUT2D eigenvalue weighted by molar-refractivity contribution is 0.535. The van der Waals surface area contributed by atoms with Crippen LogP contribution in [0.5, 0.6) is 0 Å². The second kappa shape index (κ2) is 3.88. The van der Waals surface area contributed by atoms with Gasteiger partial charge in [-0.1, -0.05) is 0 Å². The summed E-state index contributed by atoms with van der Waals surface area (Å²) in [6.07, 6.45) is 1.64. The molecule has 74 valence electrons. The Morgan fingerprint density at radius 1 is 1.50 bits per heavy atom. The molecule has 0 radical (unpaired) electrons. The summed E-state index contributed by atoms with van der Waals surface area (Å²) in [5, 5.41) is 2.05. The van der Waals surface area contributed by atoms with E-state index < -0.39 is 0 Å². The van der Waals surface area contributed by atoms with Crippen molar-refractivity contribution in [2.75, 3.05) is 0 Å². The van der Waals surface area contributed by atoms with Gasteiger partial charge in [0.25, 0.3) is 0 Å². The van der Waals surface area contributed by atoms with Gasteiger partial charge in [0.05, 0.1) is 12.3 Å². The zero-order chi connectivity index (χ0) is 10.1. The lowest BCUT2D eigenvalue weighted by Crippen LogP contribution is -2.10. The maximum Gasteiger partial charge on any atom is 0.174 e. The van der Waals surface area contributed by atoms with Crippen LogP contribution in [-0.4, -0.2) is 0 Å². The number of halogens is 1. The number of hydrogen-bond acceptors (Lipinski definition) is 3. The van der Waals surface area contributed by atoms with Gasteiger partial charge >= 0.3 is 0 Å². The zero-order valence-electron chi connectivity index (χ0n) is 7.66. The minimum atomic E-state index is -0.0943. The highest BCUT2D eigenvalue weighted by atomic mass is 79.9. The smallest absolute Gasteiger partial charge is 0.174 e. The highest BCUT2D eigenvalue weighted by molar-refractivity contribution is 9.10. The standard InChI is InChI=1S/C10H10BrNOS/c1-6-3-5-14-9(6)8(12)7-2-4-13-10(7)11/h2-5,8H,12H2,1H3. The Hall–Kier alpha value is -0.580. The van der Waals surface area contributed by atoms with Crippen molar-refractivity contribution in [1.29, 1.82) is 0 Å². The van der Waals surface area contributed by atoms with Crippen LogP contribution in [0.3, 0.4) is 0 Å². The van der Waals surface area contributed by atoms with Gasteiger partial charge in [0, 0.05) is 10.4 Å². The maximum absolute atomic E-state index is 6.13. The first-order valence-corrected chi connectivity index (χ1v) is 5.90. The van der Waals surface area contributed by atoms with Crippen molar-refractivity contribution < 1.29 is 4.42 Å². The fourth-order valence-corrected chi connectivity index (χ4v) is 2.80.